The lowest BCUT2D eigenvalue weighted by atomic mass is 10.2. The van der Waals surface area contributed by atoms with Crippen molar-refractivity contribution in [2.24, 2.45) is 5.10 Å². The Kier molecular flexibility index (Phi) is 5.48. The molecule has 0 unspecified atom stereocenters. The summed E-state index contributed by atoms with van der Waals surface area (Å²) in [6, 6.07) is 11.0. The standard InChI is InChI=1S/C16H17N3O3/c1-21-14-6-7-15(22-2)13(10-14)11-17-18-16(20)12-19-8-4-3-5-9-19/h3-11H,12H2,1-2H3/p+1. The first-order chi connectivity index (χ1) is 10.7. The minimum atomic E-state index is -0.214. The number of ether oxygens (including phenoxy) is 2. The Balaban J connectivity index is 1.98. The molecule has 1 amide bonds. The molecule has 6 nitrogen and oxygen atoms in total. The normalized spacial score (nSPS) is 10.5. The van der Waals surface area contributed by atoms with Gasteiger partial charge >= 0.3 is 5.91 Å². The molecule has 0 aliphatic rings. The SMILES string of the molecule is COc1ccc(OC)c(C=NNC(=O)C[n+]2ccccc2)c1. The molecule has 0 radical (unpaired) electrons. The van der Waals surface area contributed by atoms with Crippen molar-refractivity contribution < 1.29 is 18.8 Å². The van der Waals surface area contributed by atoms with Gasteiger partial charge in [-0.05, 0) is 18.2 Å². The van der Waals surface area contributed by atoms with Crippen molar-refractivity contribution in [3.63, 3.8) is 0 Å². The van der Waals surface area contributed by atoms with Crippen LogP contribution in [0.4, 0.5) is 0 Å². The van der Waals surface area contributed by atoms with Crippen LogP contribution >= 0.6 is 0 Å². The molecule has 114 valence electrons. The van der Waals surface area contributed by atoms with E-state index < -0.39 is 0 Å². The van der Waals surface area contributed by atoms with E-state index in [0.717, 1.165) is 5.56 Å². The number of hydrogen-bond donors (Lipinski definition) is 1. The molecule has 0 saturated carbocycles. The number of carbonyl (C=O) groups excluding carboxylic acids is 1. The topological polar surface area (TPSA) is 63.8 Å². The molecule has 2 aromatic rings. The fourth-order valence-electron chi connectivity index (χ4n) is 1.86. The lowest BCUT2D eigenvalue weighted by molar-refractivity contribution is -0.684. The van der Waals surface area contributed by atoms with Crippen LogP contribution in [0.25, 0.3) is 0 Å². The molecule has 0 fully saturated rings. The molecule has 22 heavy (non-hydrogen) atoms. The lowest BCUT2D eigenvalue weighted by Gasteiger charge is -2.06. The first-order valence-corrected chi connectivity index (χ1v) is 6.71. The zero-order valence-corrected chi connectivity index (χ0v) is 12.5. The van der Waals surface area contributed by atoms with Gasteiger partial charge in [0.2, 0.25) is 6.54 Å². The zero-order valence-electron chi connectivity index (χ0n) is 12.5. The number of hydrogen-bond acceptors (Lipinski definition) is 4. The van der Waals surface area contributed by atoms with Gasteiger partial charge in [0.25, 0.3) is 0 Å². The summed E-state index contributed by atoms with van der Waals surface area (Å²) in [6.45, 7) is 0.202. The maximum absolute atomic E-state index is 11.8. The highest BCUT2D eigenvalue weighted by Crippen LogP contribution is 2.22. The van der Waals surface area contributed by atoms with Gasteiger partial charge < -0.3 is 9.47 Å². The molecule has 1 aromatic carbocycles. The van der Waals surface area contributed by atoms with E-state index in [-0.39, 0.29) is 12.5 Å². The third kappa shape index (κ3) is 4.31. The number of rotatable bonds is 6. The highest BCUT2D eigenvalue weighted by molar-refractivity contribution is 5.85. The molecule has 0 saturated heterocycles. The number of nitrogens with one attached hydrogen (secondary N) is 1. The second-order valence-corrected chi connectivity index (χ2v) is 4.45. The fraction of sp³-hybridized carbons (Fsp3) is 0.188. The van der Waals surface area contributed by atoms with E-state index in [4.69, 9.17) is 9.47 Å². The molecule has 0 bridgehead atoms. The summed E-state index contributed by atoms with van der Waals surface area (Å²) >= 11 is 0. The molecule has 0 aliphatic heterocycles. The van der Waals surface area contributed by atoms with Crippen molar-refractivity contribution in [3.05, 3.63) is 54.4 Å². The van der Waals surface area contributed by atoms with E-state index in [9.17, 15) is 4.79 Å². The van der Waals surface area contributed by atoms with Crippen LogP contribution in [0, 0.1) is 0 Å². The van der Waals surface area contributed by atoms with Gasteiger partial charge in [0, 0.05) is 17.7 Å². The van der Waals surface area contributed by atoms with E-state index in [1.165, 1.54) is 6.21 Å². The van der Waals surface area contributed by atoms with Crippen molar-refractivity contribution in [1.82, 2.24) is 5.43 Å². The van der Waals surface area contributed by atoms with E-state index in [2.05, 4.69) is 10.5 Å². The maximum Gasteiger partial charge on any atom is 0.305 e. The Hall–Kier alpha value is -2.89. The first-order valence-electron chi connectivity index (χ1n) is 6.71. The van der Waals surface area contributed by atoms with Crippen LogP contribution in [0.2, 0.25) is 0 Å². The Morgan fingerprint density at radius 1 is 1.23 bits per heavy atom. The minimum absolute atomic E-state index is 0.202. The summed E-state index contributed by atoms with van der Waals surface area (Å²) in [5.41, 5.74) is 3.20. The summed E-state index contributed by atoms with van der Waals surface area (Å²) in [4.78, 5) is 11.8. The molecule has 1 heterocycles. The third-order valence-corrected chi connectivity index (χ3v) is 2.93. The number of carbonyl (C=O) groups is 1. The number of methoxy groups -OCH3 is 2. The molecule has 0 spiro atoms. The average molecular weight is 300 g/mol. The second-order valence-electron chi connectivity index (χ2n) is 4.45. The van der Waals surface area contributed by atoms with Crippen LogP contribution in [0.3, 0.4) is 0 Å². The third-order valence-electron chi connectivity index (χ3n) is 2.93. The van der Waals surface area contributed by atoms with E-state index in [1.54, 1.807) is 37.0 Å². The summed E-state index contributed by atoms with van der Waals surface area (Å²) < 4.78 is 12.1. The summed E-state index contributed by atoms with van der Waals surface area (Å²) in [7, 11) is 3.16. The largest absolute Gasteiger partial charge is 0.497 e. The van der Waals surface area contributed by atoms with Gasteiger partial charge in [-0.25, -0.2) is 5.43 Å². The van der Waals surface area contributed by atoms with Crippen molar-refractivity contribution in [3.8, 4) is 11.5 Å². The van der Waals surface area contributed by atoms with Gasteiger partial charge in [0.15, 0.2) is 12.4 Å². The summed E-state index contributed by atoms with van der Waals surface area (Å²) in [6.07, 6.45) is 5.15. The van der Waals surface area contributed by atoms with Crippen molar-refractivity contribution in [2.45, 2.75) is 6.54 Å². The van der Waals surface area contributed by atoms with Crippen molar-refractivity contribution in [1.29, 1.82) is 0 Å². The molecule has 1 aromatic heterocycles. The quantitative estimate of drug-likeness (QED) is 0.494. The number of amides is 1. The van der Waals surface area contributed by atoms with Gasteiger partial charge in [-0.1, -0.05) is 6.07 Å². The van der Waals surface area contributed by atoms with Crippen LogP contribution in [-0.4, -0.2) is 26.3 Å². The number of pyridine rings is 1. The Bertz CT molecular complexity index is 657. The average Bonchev–Trinajstić information content (AvgIpc) is 2.55. The minimum Gasteiger partial charge on any atom is -0.497 e. The summed E-state index contributed by atoms with van der Waals surface area (Å²) in [5.74, 6) is 1.12. The highest BCUT2D eigenvalue weighted by atomic mass is 16.5. The van der Waals surface area contributed by atoms with Crippen molar-refractivity contribution >= 4 is 12.1 Å². The number of hydrazone groups is 1. The molecule has 1 N–H and O–H groups in total. The smallest absolute Gasteiger partial charge is 0.305 e. The van der Waals surface area contributed by atoms with E-state index in [0.29, 0.717) is 11.5 Å². The molecular weight excluding hydrogens is 282 g/mol. The Morgan fingerprint density at radius 3 is 2.68 bits per heavy atom. The number of nitrogens with zero attached hydrogens (tertiary/aromatic N) is 2. The predicted molar refractivity (Wildman–Crippen MR) is 81.9 cm³/mol. The van der Waals surface area contributed by atoms with Crippen LogP contribution in [-0.2, 0) is 11.3 Å². The van der Waals surface area contributed by atoms with Crippen molar-refractivity contribution in [2.75, 3.05) is 14.2 Å². The van der Waals surface area contributed by atoms with Gasteiger partial charge in [0.1, 0.15) is 11.5 Å². The van der Waals surface area contributed by atoms with E-state index in [1.807, 2.05) is 30.6 Å². The molecule has 2 rings (SSSR count). The Labute approximate surface area is 129 Å². The molecule has 6 heteroatoms. The first kappa shape index (κ1) is 15.5. The molecular formula is C16H18N3O3+. The van der Waals surface area contributed by atoms with Crippen LogP contribution in [0.5, 0.6) is 11.5 Å². The predicted octanol–water partition coefficient (Wildman–Crippen LogP) is 1.14. The van der Waals surface area contributed by atoms with Crippen LogP contribution in [0.15, 0.2) is 53.9 Å². The van der Waals surface area contributed by atoms with E-state index >= 15 is 0 Å². The second kappa shape index (κ2) is 7.78. The monoisotopic (exact) mass is 300 g/mol. The zero-order chi connectivity index (χ0) is 15.8. The van der Waals surface area contributed by atoms with Gasteiger partial charge in [-0.2, -0.15) is 9.67 Å². The molecule has 0 atom stereocenters. The lowest BCUT2D eigenvalue weighted by Crippen LogP contribution is -2.40. The van der Waals surface area contributed by atoms with Gasteiger partial charge in [-0.15, -0.1) is 0 Å². The number of benzene rings is 1. The van der Waals surface area contributed by atoms with Crippen LogP contribution < -0.4 is 19.5 Å². The van der Waals surface area contributed by atoms with Crippen LogP contribution in [0.1, 0.15) is 5.56 Å². The summed E-state index contributed by atoms with van der Waals surface area (Å²) in [5, 5.41) is 3.95. The van der Waals surface area contributed by atoms with Gasteiger partial charge in [0.05, 0.1) is 20.4 Å². The number of aromatic nitrogens is 1. The highest BCUT2D eigenvalue weighted by Gasteiger charge is 2.07. The maximum atomic E-state index is 11.8. The Morgan fingerprint density at radius 2 is 2.00 bits per heavy atom. The van der Waals surface area contributed by atoms with Gasteiger partial charge in [-0.3, -0.25) is 4.79 Å². The molecule has 0 aliphatic carbocycles. The fourth-order valence-corrected chi connectivity index (χ4v) is 1.86.